The number of Topliss-reactive ketones (excluding diaryl/α,β-unsaturated/α-hetero) is 1. The number of carbonyl (C=O) groups is 2. The number of hydrogen-bond acceptors (Lipinski definition) is 7. The van der Waals surface area contributed by atoms with Gasteiger partial charge in [0, 0.05) is 6.54 Å². The number of thioether (sulfide) groups is 1. The first-order chi connectivity index (χ1) is 10.8. The second kappa shape index (κ2) is 8.56. The van der Waals surface area contributed by atoms with Gasteiger partial charge in [-0.25, -0.2) is 4.79 Å². The Kier molecular flexibility index (Phi) is 7.08. The molecule has 0 bridgehead atoms. The summed E-state index contributed by atoms with van der Waals surface area (Å²) in [5.41, 5.74) is 4.13. The van der Waals surface area contributed by atoms with Gasteiger partial charge in [-0.1, -0.05) is 13.8 Å². The molecule has 0 aliphatic rings. The van der Waals surface area contributed by atoms with Crippen molar-refractivity contribution in [3.8, 4) is 0 Å². The van der Waals surface area contributed by atoms with Crippen LogP contribution in [0.3, 0.4) is 0 Å². The van der Waals surface area contributed by atoms with E-state index in [1.807, 2.05) is 13.8 Å². The van der Waals surface area contributed by atoms with Crippen molar-refractivity contribution in [3.05, 3.63) is 26.4 Å². The molecular weight excluding hydrogens is 322 g/mol. The predicted molar refractivity (Wildman–Crippen MR) is 88.9 cm³/mol. The average Bonchev–Trinajstić information content (AvgIpc) is 2.43. The number of ketones is 1. The smallest absolute Gasteiger partial charge is 0.329 e. The molecule has 23 heavy (non-hydrogen) atoms. The predicted octanol–water partition coefficient (Wildman–Crippen LogP) is 0.254. The molecular formula is C14H21N3O5S. The number of ether oxygens (including phenoxy) is 1. The van der Waals surface area contributed by atoms with Gasteiger partial charge in [0.15, 0.2) is 5.78 Å². The highest BCUT2D eigenvalue weighted by Crippen LogP contribution is 2.11. The van der Waals surface area contributed by atoms with Crippen molar-refractivity contribution in [2.24, 2.45) is 5.92 Å². The van der Waals surface area contributed by atoms with E-state index in [4.69, 9.17) is 10.5 Å². The summed E-state index contributed by atoms with van der Waals surface area (Å²) in [6, 6.07) is 0. The number of aromatic nitrogens is 2. The molecule has 0 aliphatic heterocycles. The molecule has 0 aromatic carbocycles. The molecule has 0 aliphatic carbocycles. The van der Waals surface area contributed by atoms with Crippen LogP contribution in [0, 0.1) is 5.92 Å². The lowest BCUT2D eigenvalue weighted by molar-refractivity contribution is -0.139. The third-order valence-electron chi connectivity index (χ3n) is 2.82. The summed E-state index contributed by atoms with van der Waals surface area (Å²) in [4.78, 5) is 49.2. The molecule has 1 aromatic rings. The molecule has 0 saturated heterocycles. The maximum absolute atomic E-state index is 12.2. The average molecular weight is 343 g/mol. The quantitative estimate of drug-likeness (QED) is 0.512. The molecule has 0 spiro atoms. The fraction of sp³-hybridized carbons (Fsp3) is 0.571. The second-order valence-corrected chi connectivity index (χ2v) is 6.23. The summed E-state index contributed by atoms with van der Waals surface area (Å²) in [5.74, 6) is -1.10. The van der Waals surface area contributed by atoms with Crippen LogP contribution >= 0.6 is 11.8 Å². The van der Waals surface area contributed by atoms with Crippen molar-refractivity contribution in [1.29, 1.82) is 0 Å². The van der Waals surface area contributed by atoms with E-state index in [2.05, 4.69) is 4.98 Å². The second-order valence-electron chi connectivity index (χ2n) is 5.24. The number of esters is 1. The van der Waals surface area contributed by atoms with E-state index >= 15 is 0 Å². The minimum atomic E-state index is -0.811. The summed E-state index contributed by atoms with van der Waals surface area (Å²) >= 11 is 1.03. The SMILES string of the molecule is CCOC(=O)CSCC(=O)c1c(N)n(CC(C)C)c(=O)[nH]c1=O. The van der Waals surface area contributed by atoms with Crippen LogP contribution in [0.4, 0.5) is 5.82 Å². The number of hydrogen-bond donors (Lipinski definition) is 2. The number of nitrogens with zero attached hydrogens (tertiary/aromatic N) is 1. The number of rotatable bonds is 8. The molecule has 1 aromatic heterocycles. The summed E-state index contributed by atoms with van der Waals surface area (Å²) in [5, 5.41) is 0. The molecule has 0 unspecified atom stereocenters. The minimum Gasteiger partial charge on any atom is -0.465 e. The van der Waals surface area contributed by atoms with Gasteiger partial charge in [-0.15, -0.1) is 11.8 Å². The maximum Gasteiger partial charge on any atom is 0.329 e. The third kappa shape index (κ3) is 5.27. The Bertz CT molecular complexity index is 693. The standard InChI is InChI=1S/C14H21N3O5S/c1-4-22-10(19)7-23-6-9(18)11-12(15)17(5-8(2)3)14(21)16-13(11)20/h8H,4-7,15H2,1-3H3,(H,16,20,21). The van der Waals surface area contributed by atoms with Crippen LogP contribution in [-0.2, 0) is 16.1 Å². The van der Waals surface area contributed by atoms with Crippen molar-refractivity contribution >= 4 is 29.3 Å². The van der Waals surface area contributed by atoms with Crippen molar-refractivity contribution in [2.45, 2.75) is 27.3 Å². The van der Waals surface area contributed by atoms with Crippen LogP contribution in [0.5, 0.6) is 0 Å². The molecule has 9 heteroatoms. The van der Waals surface area contributed by atoms with Gasteiger partial charge in [0.2, 0.25) is 0 Å². The number of nitrogen functional groups attached to an aromatic ring is 1. The minimum absolute atomic E-state index is 0.00300. The van der Waals surface area contributed by atoms with Crippen molar-refractivity contribution < 1.29 is 14.3 Å². The van der Waals surface area contributed by atoms with Crippen LogP contribution in [0.1, 0.15) is 31.1 Å². The van der Waals surface area contributed by atoms with E-state index in [1.54, 1.807) is 6.92 Å². The fourth-order valence-electron chi connectivity index (χ4n) is 1.91. The van der Waals surface area contributed by atoms with Crippen molar-refractivity contribution in [3.63, 3.8) is 0 Å². The highest BCUT2D eigenvalue weighted by molar-refractivity contribution is 8.00. The third-order valence-corrected chi connectivity index (χ3v) is 3.73. The lowest BCUT2D eigenvalue weighted by Crippen LogP contribution is -2.37. The molecule has 128 valence electrons. The number of anilines is 1. The zero-order valence-corrected chi connectivity index (χ0v) is 14.2. The van der Waals surface area contributed by atoms with Crippen LogP contribution < -0.4 is 17.0 Å². The Morgan fingerprint density at radius 2 is 1.96 bits per heavy atom. The van der Waals surface area contributed by atoms with Gasteiger partial charge in [-0.05, 0) is 12.8 Å². The fourth-order valence-corrected chi connectivity index (χ4v) is 2.59. The molecule has 0 amide bonds. The Morgan fingerprint density at radius 1 is 1.30 bits per heavy atom. The highest BCUT2D eigenvalue weighted by atomic mass is 32.2. The number of aromatic amines is 1. The van der Waals surface area contributed by atoms with Crippen LogP contribution in [-0.4, -0.2) is 39.4 Å². The Labute approximate surface area is 137 Å². The van der Waals surface area contributed by atoms with E-state index in [0.717, 1.165) is 11.8 Å². The normalized spacial score (nSPS) is 10.8. The van der Waals surface area contributed by atoms with E-state index in [1.165, 1.54) is 4.57 Å². The van der Waals surface area contributed by atoms with Crippen LogP contribution in [0.2, 0.25) is 0 Å². The number of carbonyl (C=O) groups excluding carboxylic acids is 2. The molecule has 1 rings (SSSR count). The largest absolute Gasteiger partial charge is 0.465 e. The van der Waals surface area contributed by atoms with E-state index in [9.17, 15) is 19.2 Å². The monoisotopic (exact) mass is 343 g/mol. The molecule has 3 N–H and O–H groups in total. The van der Waals surface area contributed by atoms with Crippen LogP contribution in [0.25, 0.3) is 0 Å². The first-order valence-corrected chi connectivity index (χ1v) is 8.32. The molecule has 0 radical (unpaired) electrons. The first-order valence-electron chi connectivity index (χ1n) is 7.17. The zero-order chi connectivity index (χ0) is 17.6. The van der Waals surface area contributed by atoms with Crippen molar-refractivity contribution in [1.82, 2.24) is 9.55 Å². The number of nitrogens with two attached hydrogens (primary N) is 1. The highest BCUT2D eigenvalue weighted by Gasteiger charge is 2.20. The van der Waals surface area contributed by atoms with Gasteiger partial charge >= 0.3 is 11.7 Å². The Morgan fingerprint density at radius 3 is 2.52 bits per heavy atom. The summed E-state index contributed by atoms with van der Waals surface area (Å²) in [7, 11) is 0. The van der Waals surface area contributed by atoms with Crippen LogP contribution in [0.15, 0.2) is 9.59 Å². The van der Waals surface area contributed by atoms with Gasteiger partial charge in [-0.3, -0.25) is 23.9 Å². The van der Waals surface area contributed by atoms with Gasteiger partial charge < -0.3 is 10.5 Å². The Hall–Kier alpha value is -2.03. The molecule has 0 atom stereocenters. The summed E-state index contributed by atoms with van der Waals surface area (Å²) in [6.45, 7) is 6.01. The van der Waals surface area contributed by atoms with Gasteiger partial charge in [0.1, 0.15) is 11.4 Å². The zero-order valence-electron chi connectivity index (χ0n) is 13.4. The van der Waals surface area contributed by atoms with Gasteiger partial charge in [-0.2, -0.15) is 0 Å². The van der Waals surface area contributed by atoms with Gasteiger partial charge in [0.25, 0.3) is 5.56 Å². The lowest BCUT2D eigenvalue weighted by atomic mass is 10.2. The van der Waals surface area contributed by atoms with Crippen molar-refractivity contribution in [2.75, 3.05) is 23.8 Å². The van der Waals surface area contributed by atoms with Gasteiger partial charge in [0.05, 0.1) is 18.1 Å². The molecule has 8 nitrogen and oxygen atoms in total. The first kappa shape index (κ1) is 19.0. The molecule has 0 fully saturated rings. The lowest BCUT2D eigenvalue weighted by Gasteiger charge is -2.13. The number of nitrogens with one attached hydrogen (secondary N) is 1. The summed E-state index contributed by atoms with van der Waals surface area (Å²) in [6.07, 6.45) is 0. The molecule has 0 saturated carbocycles. The molecule has 1 heterocycles. The maximum atomic E-state index is 12.2. The summed E-state index contributed by atoms with van der Waals surface area (Å²) < 4.78 is 5.92. The number of H-pyrrole nitrogens is 1. The topological polar surface area (TPSA) is 124 Å². The van der Waals surface area contributed by atoms with E-state index < -0.39 is 23.0 Å². The van der Waals surface area contributed by atoms with E-state index in [-0.39, 0.29) is 42.0 Å². The Balaban J connectivity index is 2.94. The van der Waals surface area contributed by atoms with E-state index in [0.29, 0.717) is 0 Å².